The van der Waals surface area contributed by atoms with Crippen LogP contribution in [0.4, 0.5) is 11.5 Å². The highest BCUT2D eigenvalue weighted by atomic mass is 16.5. The number of aryl methyl sites for hydroxylation is 1. The first-order chi connectivity index (χ1) is 12.0. The summed E-state index contributed by atoms with van der Waals surface area (Å²) in [5.41, 5.74) is 1.39. The minimum atomic E-state index is -0.418. The van der Waals surface area contributed by atoms with E-state index in [0.29, 0.717) is 35.1 Å². The smallest absolute Gasteiger partial charge is 0.337 e. The van der Waals surface area contributed by atoms with Crippen molar-refractivity contribution in [1.29, 1.82) is 0 Å². The lowest BCUT2D eigenvalue weighted by molar-refractivity contribution is 0.0600. The van der Waals surface area contributed by atoms with Crippen LogP contribution < -0.4 is 10.6 Å². The van der Waals surface area contributed by atoms with E-state index in [0.717, 1.165) is 12.8 Å². The average molecular weight is 342 g/mol. The number of esters is 1. The molecule has 0 aliphatic rings. The van der Waals surface area contributed by atoms with E-state index >= 15 is 0 Å². The molecule has 0 bridgehead atoms. The van der Waals surface area contributed by atoms with Crippen LogP contribution in [0.25, 0.3) is 0 Å². The second-order valence-electron chi connectivity index (χ2n) is 5.49. The van der Waals surface area contributed by atoms with Crippen molar-refractivity contribution in [1.82, 2.24) is 15.3 Å². The van der Waals surface area contributed by atoms with Crippen LogP contribution in [0.3, 0.4) is 0 Å². The van der Waals surface area contributed by atoms with E-state index in [1.54, 1.807) is 37.3 Å². The van der Waals surface area contributed by atoms with Crippen molar-refractivity contribution >= 4 is 23.4 Å². The maximum Gasteiger partial charge on any atom is 0.337 e. The van der Waals surface area contributed by atoms with Gasteiger partial charge in [-0.2, -0.15) is 0 Å². The van der Waals surface area contributed by atoms with E-state index in [-0.39, 0.29) is 5.91 Å². The molecule has 0 atom stereocenters. The monoisotopic (exact) mass is 342 g/mol. The summed E-state index contributed by atoms with van der Waals surface area (Å²) in [7, 11) is 1.33. The van der Waals surface area contributed by atoms with Crippen LogP contribution in [-0.2, 0) is 4.74 Å². The second-order valence-corrected chi connectivity index (χ2v) is 5.49. The van der Waals surface area contributed by atoms with Gasteiger partial charge in [0.15, 0.2) is 0 Å². The molecule has 0 aliphatic heterocycles. The van der Waals surface area contributed by atoms with Gasteiger partial charge in [0.25, 0.3) is 5.91 Å². The zero-order valence-corrected chi connectivity index (χ0v) is 14.6. The van der Waals surface area contributed by atoms with E-state index in [1.165, 1.54) is 7.11 Å². The SMILES string of the molecule is CCCCNC(=O)c1cc(Nc2cccc(C(=O)OC)c2)nc(C)n1. The number of nitrogens with zero attached hydrogens (tertiary/aromatic N) is 2. The van der Waals surface area contributed by atoms with Gasteiger partial charge < -0.3 is 15.4 Å². The van der Waals surface area contributed by atoms with Gasteiger partial charge in [-0.05, 0) is 31.5 Å². The predicted octanol–water partition coefficient (Wildman–Crippen LogP) is 2.85. The number of rotatable bonds is 7. The lowest BCUT2D eigenvalue weighted by atomic mass is 10.2. The van der Waals surface area contributed by atoms with Gasteiger partial charge in [0.1, 0.15) is 17.3 Å². The molecule has 132 valence electrons. The molecule has 0 radical (unpaired) electrons. The summed E-state index contributed by atoms with van der Waals surface area (Å²) in [4.78, 5) is 32.2. The number of ether oxygens (including phenoxy) is 1. The molecule has 2 rings (SSSR count). The Morgan fingerprint density at radius 1 is 1.20 bits per heavy atom. The van der Waals surface area contributed by atoms with Gasteiger partial charge in [-0.25, -0.2) is 14.8 Å². The Bertz CT molecular complexity index is 762. The number of hydrogen-bond acceptors (Lipinski definition) is 6. The molecule has 0 saturated heterocycles. The fraction of sp³-hybridized carbons (Fsp3) is 0.333. The Hall–Kier alpha value is -2.96. The highest BCUT2D eigenvalue weighted by Gasteiger charge is 2.11. The number of methoxy groups -OCH3 is 1. The molecule has 0 fully saturated rings. The Kier molecular flexibility index (Phi) is 6.45. The summed E-state index contributed by atoms with van der Waals surface area (Å²) in [6.07, 6.45) is 1.92. The highest BCUT2D eigenvalue weighted by Crippen LogP contribution is 2.17. The molecular weight excluding hydrogens is 320 g/mol. The van der Waals surface area contributed by atoms with Gasteiger partial charge in [0.2, 0.25) is 0 Å². The fourth-order valence-electron chi connectivity index (χ4n) is 2.21. The molecule has 0 saturated carbocycles. The first kappa shape index (κ1) is 18.4. The number of benzene rings is 1. The molecule has 7 nitrogen and oxygen atoms in total. The third kappa shape index (κ3) is 5.27. The normalized spacial score (nSPS) is 10.2. The molecule has 7 heteroatoms. The minimum Gasteiger partial charge on any atom is -0.465 e. The summed E-state index contributed by atoms with van der Waals surface area (Å²) in [6.45, 7) is 4.40. The third-order valence-electron chi connectivity index (χ3n) is 3.44. The van der Waals surface area contributed by atoms with Crippen LogP contribution in [0.1, 0.15) is 46.4 Å². The van der Waals surface area contributed by atoms with E-state index in [4.69, 9.17) is 4.74 Å². The summed E-state index contributed by atoms with van der Waals surface area (Å²) >= 11 is 0. The largest absolute Gasteiger partial charge is 0.465 e. The maximum absolute atomic E-state index is 12.2. The lowest BCUT2D eigenvalue weighted by Gasteiger charge is -2.10. The standard InChI is InChI=1S/C18H22N4O3/c1-4-5-9-19-17(23)15-11-16(21-12(2)20-15)22-14-8-6-7-13(10-14)18(24)25-3/h6-8,10-11H,4-5,9H2,1-3H3,(H,19,23)(H,20,21,22). The average Bonchev–Trinajstić information content (AvgIpc) is 2.61. The molecule has 25 heavy (non-hydrogen) atoms. The molecule has 2 N–H and O–H groups in total. The Labute approximate surface area is 146 Å². The van der Waals surface area contributed by atoms with E-state index in [1.807, 2.05) is 0 Å². The summed E-state index contributed by atoms with van der Waals surface area (Å²) in [6, 6.07) is 8.43. The first-order valence-corrected chi connectivity index (χ1v) is 8.12. The predicted molar refractivity (Wildman–Crippen MR) is 95.1 cm³/mol. The molecular formula is C18H22N4O3. The van der Waals surface area contributed by atoms with E-state index in [2.05, 4.69) is 27.5 Å². The van der Waals surface area contributed by atoms with Crippen LogP contribution in [0, 0.1) is 6.92 Å². The van der Waals surface area contributed by atoms with Gasteiger partial charge in [-0.1, -0.05) is 19.4 Å². The summed E-state index contributed by atoms with van der Waals surface area (Å²) in [5, 5.41) is 5.92. The number of amides is 1. The van der Waals surface area contributed by atoms with Crippen LogP contribution in [0.5, 0.6) is 0 Å². The third-order valence-corrected chi connectivity index (χ3v) is 3.44. The number of nitrogens with one attached hydrogen (secondary N) is 2. The van der Waals surface area contributed by atoms with E-state index in [9.17, 15) is 9.59 Å². The lowest BCUT2D eigenvalue weighted by Crippen LogP contribution is -2.25. The van der Waals surface area contributed by atoms with Crippen LogP contribution >= 0.6 is 0 Å². The topological polar surface area (TPSA) is 93.2 Å². The van der Waals surface area contributed by atoms with Crippen molar-refractivity contribution in [2.24, 2.45) is 0 Å². The van der Waals surface area contributed by atoms with Crippen LogP contribution in [0.15, 0.2) is 30.3 Å². The Morgan fingerprint density at radius 3 is 2.72 bits per heavy atom. The van der Waals surface area contributed by atoms with Gasteiger partial charge >= 0.3 is 5.97 Å². The number of carbonyl (C=O) groups excluding carboxylic acids is 2. The molecule has 1 aromatic carbocycles. The van der Waals surface area contributed by atoms with Crippen molar-refractivity contribution in [2.75, 3.05) is 19.0 Å². The van der Waals surface area contributed by atoms with Crippen LogP contribution in [-0.4, -0.2) is 35.5 Å². The van der Waals surface area contributed by atoms with Crippen molar-refractivity contribution in [3.05, 3.63) is 47.4 Å². The van der Waals surface area contributed by atoms with Crippen molar-refractivity contribution < 1.29 is 14.3 Å². The van der Waals surface area contributed by atoms with Crippen molar-refractivity contribution in [2.45, 2.75) is 26.7 Å². The molecule has 0 unspecified atom stereocenters. The first-order valence-electron chi connectivity index (χ1n) is 8.12. The number of unbranched alkanes of at least 4 members (excludes halogenated alkanes) is 1. The number of carbonyl (C=O) groups is 2. The van der Waals surface area contributed by atoms with Gasteiger partial charge in [-0.3, -0.25) is 4.79 Å². The van der Waals surface area contributed by atoms with E-state index < -0.39 is 5.97 Å². The highest BCUT2D eigenvalue weighted by molar-refractivity contribution is 5.93. The molecule has 0 aliphatic carbocycles. The van der Waals surface area contributed by atoms with Gasteiger partial charge in [0, 0.05) is 18.3 Å². The second kappa shape index (κ2) is 8.77. The summed E-state index contributed by atoms with van der Waals surface area (Å²) in [5.74, 6) is 0.314. The molecule has 2 aromatic rings. The fourth-order valence-corrected chi connectivity index (χ4v) is 2.21. The Balaban J connectivity index is 2.17. The summed E-state index contributed by atoms with van der Waals surface area (Å²) < 4.78 is 4.71. The molecule has 1 amide bonds. The number of anilines is 2. The van der Waals surface area contributed by atoms with Crippen LogP contribution in [0.2, 0.25) is 0 Å². The molecule has 0 spiro atoms. The number of hydrogen-bond donors (Lipinski definition) is 2. The quantitative estimate of drug-likeness (QED) is 0.594. The molecule has 1 aromatic heterocycles. The Morgan fingerprint density at radius 2 is 2.00 bits per heavy atom. The zero-order chi connectivity index (χ0) is 18.2. The van der Waals surface area contributed by atoms with Gasteiger partial charge in [-0.15, -0.1) is 0 Å². The van der Waals surface area contributed by atoms with Crippen molar-refractivity contribution in [3.8, 4) is 0 Å². The number of aromatic nitrogens is 2. The zero-order valence-electron chi connectivity index (χ0n) is 14.6. The van der Waals surface area contributed by atoms with Gasteiger partial charge in [0.05, 0.1) is 12.7 Å². The minimum absolute atomic E-state index is 0.231. The maximum atomic E-state index is 12.2. The van der Waals surface area contributed by atoms with Crippen molar-refractivity contribution in [3.63, 3.8) is 0 Å². The molecule has 1 heterocycles.